The molecule has 1 spiro atoms. The number of benzene rings is 4. The van der Waals surface area contributed by atoms with E-state index in [1.165, 1.54) is 24.3 Å². The monoisotopic (exact) mass is 724 g/mol. The molecule has 2 aliphatic rings. The molecule has 5 aromatic rings. The van der Waals surface area contributed by atoms with Gasteiger partial charge in [-0.2, -0.15) is 5.10 Å². The number of fused-ring (bicyclic) bond motifs is 1. The van der Waals surface area contributed by atoms with E-state index in [0.717, 1.165) is 0 Å². The number of nitrogens with zero attached hydrogens (tertiary/aromatic N) is 3. The highest BCUT2D eigenvalue weighted by Crippen LogP contribution is 2.62. The van der Waals surface area contributed by atoms with Gasteiger partial charge in [-0.05, 0) is 89.1 Å². The Morgan fingerprint density at radius 3 is 1.70 bits per heavy atom. The van der Waals surface area contributed by atoms with E-state index in [9.17, 15) is 29.8 Å². The molecule has 12 nitrogen and oxygen atoms in total. The van der Waals surface area contributed by atoms with Gasteiger partial charge in [0, 0.05) is 57.3 Å². The van der Waals surface area contributed by atoms with E-state index in [0.29, 0.717) is 54.8 Å². The van der Waals surface area contributed by atoms with Crippen molar-refractivity contribution in [3.05, 3.63) is 155 Å². The SMILES string of the molecule is O=C1NC(=S)NC(=O)C12C(c1ccc(Cl)cc1)/C(=C/c1ccc([N+](=O)[O-])cc1)c1n[nH]c(-c3ccc([N+](=O)[O-])cc3)c1C2c1ccc(Cl)cc1. The number of amides is 2. The van der Waals surface area contributed by atoms with Crippen LogP contribution in [-0.2, 0) is 9.59 Å². The summed E-state index contributed by atoms with van der Waals surface area (Å²) < 4.78 is 0. The summed E-state index contributed by atoms with van der Waals surface area (Å²) in [5.41, 5.74) is 1.61. The quantitative estimate of drug-likeness (QED) is 0.0714. The molecule has 3 N–H and O–H groups in total. The van der Waals surface area contributed by atoms with Crippen molar-refractivity contribution in [2.75, 3.05) is 0 Å². The molecule has 1 saturated heterocycles. The van der Waals surface area contributed by atoms with Crippen molar-refractivity contribution < 1.29 is 19.4 Å². The molecule has 1 aliphatic heterocycles. The van der Waals surface area contributed by atoms with Crippen LogP contribution in [-0.4, -0.2) is 37.0 Å². The summed E-state index contributed by atoms with van der Waals surface area (Å²) in [6.45, 7) is 0. The summed E-state index contributed by atoms with van der Waals surface area (Å²) in [5.74, 6) is -3.42. The highest BCUT2D eigenvalue weighted by molar-refractivity contribution is 7.80. The number of nitro benzene ring substituents is 2. The minimum Gasteiger partial charge on any atom is -0.302 e. The van der Waals surface area contributed by atoms with Gasteiger partial charge >= 0.3 is 0 Å². The molecule has 2 heterocycles. The van der Waals surface area contributed by atoms with Crippen LogP contribution in [0.3, 0.4) is 0 Å². The first kappa shape index (κ1) is 32.8. The van der Waals surface area contributed by atoms with Gasteiger partial charge in [-0.1, -0.05) is 47.5 Å². The number of carbonyl (C=O) groups excluding carboxylic acids is 2. The molecule has 0 bridgehead atoms. The van der Waals surface area contributed by atoms with E-state index in [1.807, 2.05) is 0 Å². The first-order valence-electron chi connectivity index (χ1n) is 15.0. The highest BCUT2D eigenvalue weighted by atomic mass is 35.5. The molecule has 15 heteroatoms. The molecular formula is C35H22Cl2N6O6S. The van der Waals surface area contributed by atoms with Crippen LogP contribution in [0.1, 0.15) is 39.8 Å². The molecular weight excluding hydrogens is 703 g/mol. The minimum absolute atomic E-state index is 0.121. The number of non-ortho nitro benzene ring substituents is 2. The minimum atomic E-state index is -1.97. The van der Waals surface area contributed by atoms with E-state index in [-0.39, 0.29) is 16.5 Å². The molecule has 7 rings (SSSR count). The second-order valence-electron chi connectivity index (χ2n) is 11.7. The highest BCUT2D eigenvalue weighted by Gasteiger charge is 2.65. The second-order valence-corrected chi connectivity index (χ2v) is 13.0. The third-order valence-electron chi connectivity index (χ3n) is 8.99. The molecule has 2 unspecified atom stereocenters. The Kier molecular flexibility index (Phi) is 8.26. The Labute approximate surface area is 298 Å². The maximum Gasteiger partial charge on any atom is 0.269 e. The van der Waals surface area contributed by atoms with E-state index in [1.54, 1.807) is 78.9 Å². The standard InChI is InChI=1S/C35H22Cl2N6O6S/c36-22-9-3-19(4-10-22)28-26(17-18-1-13-24(14-2-18)42(46)47)31-27(30(40-41-31)21-7-15-25(16-8-21)43(48)49)29(20-5-11-23(37)12-6-20)35(28)32(44)38-34(50)39-33(35)45/h1-17,28-29H,(H,40,41)(H2,38,39,44,45,50)/b26-17-. The maximum absolute atomic E-state index is 14.8. The number of H-pyrrole nitrogens is 1. The molecule has 0 saturated carbocycles. The Morgan fingerprint density at radius 2 is 1.20 bits per heavy atom. The number of thiocarbonyl (C=S) groups is 1. The van der Waals surface area contributed by atoms with Crippen molar-refractivity contribution in [2.24, 2.45) is 5.41 Å². The molecule has 2 amide bonds. The molecule has 0 radical (unpaired) electrons. The van der Waals surface area contributed by atoms with Crippen molar-refractivity contribution in [3.63, 3.8) is 0 Å². The zero-order valence-corrected chi connectivity index (χ0v) is 27.8. The van der Waals surface area contributed by atoms with Crippen molar-refractivity contribution in [1.82, 2.24) is 20.8 Å². The van der Waals surface area contributed by atoms with Crippen LogP contribution in [0, 0.1) is 25.6 Å². The van der Waals surface area contributed by atoms with Crippen molar-refractivity contribution in [3.8, 4) is 11.3 Å². The number of nitro groups is 2. The molecule has 2 atom stereocenters. The van der Waals surface area contributed by atoms with E-state index in [2.05, 4.69) is 15.7 Å². The number of hydrogen-bond donors (Lipinski definition) is 3. The average Bonchev–Trinajstić information content (AvgIpc) is 3.53. The largest absolute Gasteiger partial charge is 0.302 e. The van der Waals surface area contributed by atoms with Crippen LogP contribution in [0.25, 0.3) is 22.9 Å². The lowest BCUT2D eigenvalue weighted by Gasteiger charge is -2.49. The Morgan fingerprint density at radius 1 is 0.720 bits per heavy atom. The molecule has 1 fully saturated rings. The number of hydrogen-bond acceptors (Lipinski definition) is 8. The number of aromatic nitrogens is 2. The zero-order valence-electron chi connectivity index (χ0n) is 25.4. The summed E-state index contributed by atoms with van der Waals surface area (Å²) in [5, 5.41) is 36.9. The lowest BCUT2D eigenvalue weighted by atomic mass is 9.52. The molecule has 4 aromatic carbocycles. The lowest BCUT2D eigenvalue weighted by Crippen LogP contribution is -2.67. The topological polar surface area (TPSA) is 173 Å². The van der Waals surface area contributed by atoms with Gasteiger partial charge in [-0.25, -0.2) is 0 Å². The van der Waals surface area contributed by atoms with Crippen LogP contribution in [0.4, 0.5) is 11.4 Å². The lowest BCUT2D eigenvalue weighted by molar-refractivity contribution is -0.385. The Balaban J connectivity index is 1.61. The summed E-state index contributed by atoms with van der Waals surface area (Å²) >= 11 is 17.9. The van der Waals surface area contributed by atoms with Crippen LogP contribution in [0.5, 0.6) is 0 Å². The smallest absolute Gasteiger partial charge is 0.269 e. The van der Waals surface area contributed by atoms with Crippen LogP contribution < -0.4 is 10.6 Å². The fourth-order valence-corrected chi connectivity index (χ4v) is 7.31. The third kappa shape index (κ3) is 5.41. The number of nitrogens with one attached hydrogen (secondary N) is 3. The number of carbonyl (C=O) groups is 2. The van der Waals surface area contributed by atoms with Gasteiger partial charge < -0.3 is 10.6 Å². The first-order valence-corrected chi connectivity index (χ1v) is 16.1. The summed E-state index contributed by atoms with van der Waals surface area (Å²) in [6.07, 6.45) is 1.73. The molecule has 50 heavy (non-hydrogen) atoms. The summed E-state index contributed by atoms with van der Waals surface area (Å²) in [7, 11) is 0. The van der Waals surface area contributed by atoms with Crippen molar-refractivity contribution in [1.29, 1.82) is 0 Å². The predicted octanol–water partition coefficient (Wildman–Crippen LogP) is 7.19. The zero-order chi connectivity index (χ0) is 35.3. The third-order valence-corrected chi connectivity index (χ3v) is 9.70. The Hall–Kier alpha value is -5.76. The molecule has 1 aromatic heterocycles. The fraction of sp³-hybridized carbons (Fsp3) is 0.0857. The van der Waals surface area contributed by atoms with E-state index >= 15 is 0 Å². The number of aromatic amines is 1. The van der Waals surface area contributed by atoms with Gasteiger partial charge in [-0.15, -0.1) is 0 Å². The fourth-order valence-electron chi connectivity index (χ4n) is 6.88. The van der Waals surface area contributed by atoms with Crippen LogP contribution in [0.15, 0.2) is 97.1 Å². The molecule has 1 aliphatic carbocycles. The van der Waals surface area contributed by atoms with E-state index in [4.69, 9.17) is 40.5 Å². The van der Waals surface area contributed by atoms with Crippen LogP contribution >= 0.6 is 35.4 Å². The summed E-state index contributed by atoms with van der Waals surface area (Å²) in [4.78, 5) is 51.5. The summed E-state index contributed by atoms with van der Waals surface area (Å²) in [6, 6.07) is 25.1. The van der Waals surface area contributed by atoms with Gasteiger partial charge in [-0.3, -0.25) is 34.9 Å². The van der Waals surface area contributed by atoms with Crippen molar-refractivity contribution >= 4 is 75.4 Å². The number of halogens is 2. The van der Waals surface area contributed by atoms with Gasteiger partial charge in [0.05, 0.1) is 21.2 Å². The molecule has 248 valence electrons. The van der Waals surface area contributed by atoms with Gasteiger partial charge in [0.25, 0.3) is 11.4 Å². The van der Waals surface area contributed by atoms with E-state index < -0.39 is 38.9 Å². The predicted molar refractivity (Wildman–Crippen MR) is 190 cm³/mol. The maximum atomic E-state index is 14.8. The first-order chi connectivity index (χ1) is 24.0. The van der Waals surface area contributed by atoms with Gasteiger partial charge in [0.15, 0.2) is 10.5 Å². The Bertz CT molecular complexity index is 2240. The average molecular weight is 726 g/mol. The van der Waals surface area contributed by atoms with Gasteiger partial charge in [0.2, 0.25) is 11.8 Å². The van der Waals surface area contributed by atoms with Gasteiger partial charge in [0.1, 0.15) is 0 Å². The van der Waals surface area contributed by atoms with Crippen molar-refractivity contribution in [2.45, 2.75) is 11.8 Å². The van der Waals surface area contributed by atoms with Crippen LogP contribution in [0.2, 0.25) is 10.0 Å². The number of allylic oxidation sites excluding steroid dienone is 1. The second kappa shape index (κ2) is 12.6. The normalized spacial score (nSPS) is 18.8. The number of rotatable bonds is 6.